The minimum Gasteiger partial charge on any atom is -0.485 e. The second-order valence-electron chi connectivity index (χ2n) is 5.68. The Balaban J connectivity index is 1.48. The van der Waals surface area contributed by atoms with Crippen molar-refractivity contribution in [2.45, 2.75) is 17.0 Å². The van der Waals surface area contributed by atoms with Crippen molar-refractivity contribution in [2.24, 2.45) is 7.05 Å². The Morgan fingerprint density at radius 3 is 2.84 bits per heavy atom. The van der Waals surface area contributed by atoms with Gasteiger partial charge < -0.3 is 14.0 Å². The van der Waals surface area contributed by atoms with Crippen LogP contribution in [0.5, 0.6) is 11.5 Å². The summed E-state index contributed by atoms with van der Waals surface area (Å²) in [5, 5.41) is 9.24. The summed E-state index contributed by atoms with van der Waals surface area (Å²) in [6.45, 7) is 0.386. The molecule has 0 amide bonds. The molecule has 1 atom stereocenters. The molecule has 2 heterocycles. The van der Waals surface area contributed by atoms with Gasteiger partial charge in [0.25, 0.3) is 0 Å². The smallest absolute Gasteiger partial charge is 0.192 e. The molecule has 1 aromatic heterocycles. The molecule has 1 unspecified atom stereocenters. The van der Waals surface area contributed by atoms with Crippen molar-refractivity contribution in [3.05, 3.63) is 65.7 Å². The quantitative estimate of drug-likeness (QED) is 0.666. The number of aromatic nitrogens is 3. The molecule has 1 aliphatic heterocycles. The van der Waals surface area contributed by atoms with Crippen molar-refractivity contribution < 1.29 is 13.9 Å². The Hall–Kier alpha value is -2.54. The molecule has 3 aromatic rings. The van der Waals surface area contributed by atoms with E-state index in [4.69, 9.17) is 9.47 Å². The normalized spacial score (nSPS) is 16.0. The van der Waals surface area contributed by atoms with Gasteiger partial charge in [-0.2, -0.15) is 0 Å². The average molecular weight is 357 g/mol. The van der Waals surface area contributed by atoms with Crippen molar-refractivity contribution in [1.82, 2.24) is 14.8 Å². The molecule has 128 valence electrons. The van der Waals surface area contributed by atoms with Crippen LogP contribution < -0.4 is 9.47 Å². The lowest BCUT2D eigenvalue weighted by atomic mass is 10.2. The number of hydrogen-bond acceptors (Lipinski definition) is 5. The highest BCUT2D eigenvalue weighted by molar-refractivity contribution is 7.98. The minimum atomic E-state index is -0.309. The zero-order valence-electron chi connectivity index (χ0n) is 13.6. The minimum absolute atomic E-state index is 0.233. The first-order valence-corrected chi connectivity index (χ1v) is 8.84. The fourth-order valence-electron chi connectivity index (χ4n) is 2.65. The van der Waals surface area contributed by atoms with Crippen molar-refractivity contribution in [1.29, 1.82) is 0 Å². The molecule has 0 fully saturated rings. The number of thioether (sulfide) groups is 1. The Kier molecular flexibility index (Phi) is 4.31. The van der Waals surface area contributed by atoms with Crippen LogP contribution >= 0.6 is 11.8 Å². The van der Waals surface area contributed by atoms with Gasteiger partial charge in [0.1, 0.15) is 12.4 Å². The van der Waals surface area contributed by atoms with Crippen molar-refractivity contribution >= 4 is 11.8 Å². The Bertz CT molecular complexity index is 900. The van der Waals surface area contributed by atoms with E-state index in [2.05, 4.69) is 10.2 Å². The van der Waals surface area contributed by atoms with Crippen LogP contribution in [0.2, 0.25) is 0 Å². The third-order valence-electron chi connectivity index (χ3n) is 3.92. The Labute approximate surface area is 148 Å². The van der Waals surface area contributed by atoms with Gasteiger partial charge in [-0.1, -0.05) is 36.0 Å². The van der Waals surface area contributed by atoms with E-state index in [1.165, 1.54) is 23.9 Å². The first kappa shape index (κ1) is 16.0. The van der Waals surface area contributed by atoms with Crippen LogP contribution in [0, 0.1) is 5.82 Å². The van der Waals surface area contributed by atoms with E-state index in [0.717, 1.165) is 16.5 Å². The van der Waals surface area contributed by atoms with Crippen LogP contribution in [-0.4, -0.2) is 21.4 Å². The summed E-state index contributed by atoms with van der Waals surface area (Å²) in [6.07, 6.45) is -0.309. The van der Waals surface area contributed by atoms with Crippen LogP contribution in [0.15, 0.2) is 53.7 Å². The number of hydrogen-bond donors (Lipinski definition) is 0. The molecule has 0 N–H and O–H groups in total. The van der Waals surface area contributed by atoms with Crippen molar-refractivity contribution in [2.75, 3.05) is 6.61 Å². The number of para-hydroxylation sites is 2. The van der Waals surface area contributed by atoms with Gasteiger partial charge in [-0.05, 0) is 29.8 Å². The van der Waals surface area contributed by atoms with Gasteiger partial charge in [-0.25, -0.2) is 4.39 Å². The molecule has 0 aliphatic carbocycles. The molecule has 7 heteroatoms. The summed E-state index contributed by atoms with van der Waals surface area (Å²) < 4.78 is 26.9. The van der Waals surface area contributed by atoms with E-state index in [-0.39, 0.29) is 11.9 Å². The molecular weight excluding hydrogens is 341 g/mol. The lowest BCUT2D eigenvalue weighted by Gasteiger charge is -2.25. The third kappa shape index (κ3) is 3.32. The molecule has 2 aromatic carbocycles. The van der Waals surface area contributed by atoms with E-state index >= 15 is 0 Å². The number of benzene rings is 2. The Morgan fingerprint density at radius 2 is 2.00 bits per heavy atom. The predicted molar refractivity (Wildman–Crippen MR) is 92.3 cm³/mol. The number of ether oxygens (including phenoxy) is 2. The standard InChI is InChI=1S/C18H16FN3O2S/c1-22-17(16-10-23-14-7-2-3-8-15(14)24-16)20-21-18(22)25-11-12-5-4-6-13(19)9-12/h2-9,16H,10-11H2,1H3. The number of halogens is 1. The summed E-state index contributed by atoms with van der Waals surface area (Å²) >= 11 is 1.51. The zero-order chi connectivity index (χ0) is 17.2. The van der Waals surface area contributed by atoms with Gasteiger partial charge in [0.15, 0.2) is 28.6 Å². The monoisotopic (exact) mass is 357 g/mol. The maximum atomic E-state index is 13.3. The molecule has 0 bridgehead atoms. The Morgan fingerprint density at radius 1 is 1.16 bits per heavy atom. The summed E-state index contributed by atoms with van der Waals surface area (Å²) in [5.74, 6) is 2.53. The van der Waals surface area contributed by atoms with Crippen LogP contribution in [0.3, 0.4) is 0 Å². The SMILES string of the molecule is Cn1c(SCc2cccc(F)c2)nnc1C1COc2ccccc2O1. The lowest BCUT2D eigenvalue weighted by Crippen LogP contribution is -2.24. The molecule has 0 spiro atoms. The van der Waals surface area contributed by atoms with E-state index in [1.807, 2.05) is 41.9 Å². The van der Waals surface area contributed by atoms with E-state index in [0.29, 0.717) is 23.9 Å². The van der Waals surface area contributed by atoms with Crippen LogP contribution in [0.1, 0.15) is 17.5 Å². The third-order valence-corrected chi connectivity index (χ3v) is 5.01. The molecule has 1 aliphatic rings. The fraction of sp³-hybridized carbons (Fsp3) is 0.222. The second kappa shape index (κ2) is 6.76. The summed E-state index contributed by atoms with van der Waals surface area (Å²) in [5.41, 5.74) is 0.903. The van der Waals surface area contributed by atoms with Gasteiger partial charge in [0.05, 0.1) is 0 Å². The highest BCUT2D eigenvalue weighted by Crippen LogP contribution is 2.36. The van der Waals surface area contributed by atoms with Crippen molar-refractivity contribution in [3.8, 4) is 11.5 Å². The van der Waals surface area contributed by atoms with Crippen LogP contribution in [-0.2, 0) is 12.8 Å². The first-order valence-electron chi connectivity index (χ1n) is 7.86. The molecular formula is C18H16FN3O2S. The second-order valence-corrected chi connectivity index (χ2v) is 6.63. The largest absolute Gasteiger partial charge is 0.485 e. The van der Waals surface area contributed by atoms with E-state index in [1.54, 1.807) is 6.07 Å². The van der Waals surface area contributed by atoms with Crippen LogP contribution in [0.4, 0.5) is 4.39 Å². The molecule has 4 rings (SSSR count). The zero-order valence-corrected chi connectivity index (χ0v) is 14.4. The summed E-state index contributed by atoms with van der Waals surface area (Å²) in [4.78, 5) is 0. The van der Waals surface area contributed by atoms with Gasteiger partial charge >= 0.3 is 0 Å². The highest BCUT2D eigenvalue weighted by atomic mass is 32.2. The van der Waals surface area contributed by atoms with Crippen molar-refractivity contribution in [3.63, 3.8) is 0 Å². The average Bonchev–Trinajstić information content (AvgIpc) is 3.00. The molecule has 0 saturated heterocycles. The van der Waals surface area contributed by atoms with Gasteiger partial charge in [0, 0.05) is 12.8 Å². The predicted octanol–water partition coefficient (Wildman–Crippen LogP) is 3.76. The lowest BCUT2D eigenvalue weighted by molar-refractivity contribution is 0.0825. The number of nitrogens with zero attached hydrogens (tertiary/aromatic N) is 3. The number of rotatable bonds is 4. The topological polar surface area (TPSA) is 49.2 Å². The number of fused-ring (bicyclic) bond motifs is 1. The summed E-state index contributed by atoms with van der Waals surface area (Å²) in [7, 11) is 1.90. The van der Waals surface area contributed by atoms with E-state index in [9.17, 15) is 4.39 Å². The molecule has 0 saturated carbocycles. The van der Waals surface area contributed by atoms with Gasteiger partial charge in [0.2, 0.25) is 0 Å². The maximum absolute atomic E-state index is 13.3. The summed E-state index contributed by atoms with van der Waals surface area (Å²) in [6, 6.07) is 14.1. The van der Waals surface area contributed by atoms with Crippen LogP contribution in [0.25, 0.3) is 0 Å². The molecule has 5 nitrogen and oxygen atoms in total. The van der Waals surface area contributed by atoms with E-state index < -0.39 is 0 Å². The molecule has 25 heavy (non-hydrogen) atoms. The van der Waals surface area contributed by atoms with Gasteiger partial charge in [-0.15, -0.1) is 10.2 Å². The molecule has 0 radical (unpaired) electrons. The van der Waals surface area contributed by atoms with Gasteiger partial charge in [-0.3, -0.25) is 0 Å². The highest BCUT2D eigenvalue weighted by Gasteiger charge is 2.27. The maximum Gasteiger partial charge on any atom is 0.192 e. The fourth-order valence-corrected chi connectivity index (χ4v) is 3.51. The first-order chi connectivity index (χ1) is 12.2.